The molecule has 1 rings (SSSR count). The number of hydrogen-bond acceptors (Lipinski definition) is 2. The molecule has 0 fully saturated rings. The summed E-state index contributed by atoms with van der Waals surface area (Å²) in [5.41, 5.74) is 2.56. The standard InChI is InChI=1S/C27H44O2/c1-20(2)10-7-11-21(3)12-8-13-22(4)14-9-15-23(5)16-17-25-19-26(28)18-24(6)27(25)29/h15,18-22H,7-14,16-17H2,1-6H3/b23-15-. The topological polar surface area (TPSA) is 34.1 Å². The Bertz CT molecular complexity index is 618. The molecule has 1 aliphatic rings. The van der Waals surface area contributed by atoms with Gasteiger partial charge in [0.1, 0.15) is 0 Å². The summed E-state index contributed by atoms with van der Waals surface area (Å²) in [7, 11) is 0. The minimum absolute atomic E-state index is 0.0319. The van der Waals surface area contributed by atoms with Crippen LogP contribution in [0.4, 0.5) is 0 Å². The van der Waals surface area contributed by atoms with E-state index < -0.39 is 0 Å². The lowest BCUT2D eigenvalue weighted by Crippen LogP contribution is -2.12. The SMILES string of the molecule is CC1=CC(=O)C=C(CC/C(C)=C\CCC(C)CCCC(C)CCCC(C)C)C1=O. The Kier molecular flexibility index (Phi) is 12.1. The van der Waals surface area contributed by atoms with Crippen molar-refractivity contribution in [3.05, 3.63) is 34.9 Å². The summed E-state index contributed by atoms with van der Waals surface area (Å²) >= 11 is 0. The van der Waals surface area contributed by atoms with Crippen LogP contribution in [0, 0.1) is 17.8 Å². The van der Waals surface area contributed by atoms with Gasteiger partial charge >= 0.3 is 0 Å². The number of carbonyl (C=O) groups excluding carboxylic acids is 2. The van der Waals surface area contributed by atoms with Crippen LogP contribution in [-0.2, 0) is 9.59 Å². The maximum Gasteiger partial charge on any atom is 0.184 e. The molecule has 0 aliphatic heterocycles. The van der Waals surface area contributed by atoms with Gasteiger partial charge in [-0.05, 0) is 69.4 Å². The number of rotatable bonds is 14. The molecule has 2 unspecified atom stereocenters. The zero-order valence-electron chi connectivity index (χ0n) is 19.9. The molecule has 0 N–H and O–H groups in total. The molecule has 0 saturated carbocycles. The molecule has 2 heteroatoms. The van der Waals surface area contributed by atoms with Gasteiger partial charge in [-0.2, -0.15) is 0 Å². The third kappa shape index (κ3) is 11.4. The largest absolute Gasteiger partial charge is 0.290 e. The van der Waals surface area contributed by atoms with E-state index in [9.17, 15) is 9.59 Å². The molecule has 164 valence electrons. The highest BCUT2D eigenvalue weighted by Gasteiger charge is 2.18. The first-order valence-corrected chi connectivity index (χ1v) is 11.8. The van der Waals surface area contributed by atoms with Crippen LogP contribution in [0.2, 0.25) is 0 Å². The van der Waals surface area contributed by atoms with E-state index in [4.69, 9.17) is 0 Å². The highest BCUT2D eigenvalue weighted by Crippen LogP contribution is 2.22. The smallest absolute Gasteiger partial charge is 0.184 e. The average Bonchev–Trinajstić information content (AvgIpc) is 2.63. The Morgan fingerprint density at radius 3 is 2.10 bits per heavy atom. The van der Waals surface area contributed by atoms with Crippen molar-refractivity contribution in [1.29, 1.82) is 0 Å². The zero-order valence-corrected chi connectivity index (χ0v) is 19.9. The zero-order chi connectivity index (χ0) is 21.8. The van der Waals surface area contributed by atoms with Crippen molar-refractivity contribution >= 4 is 11.6 Å². The van der Waals surface area contributed by atoms with Crippen molar-refractivity contribution in [3.8, 4) is 0 Å². The Hall–Kier alpha value is -1.44. The lowest BCUT2D eigenvalue weighted by atomic mass is 9.91. The van der Waals surface area contributed by atoms with Crippen molar-refractivity contribution in [2.45, 2.75) is 106 Å². The van der Waals surface area contributed by atoms with E-state index in [0.29, 0.717) is 17.6 Å². The van der Waals surface area contributed by atoms with Gasteiger partial charge in [0.15, 0.2) is 11.6 Å². The van der Waals surface area contributed by atoms with E-state index in [0.717, 1.165) is 30.6 Å². The summed E-state index contributed by atoms with van der Waals surface area (Å²) in [6.07, 6.45) is 17.3. The van der Waals surface area contributed by atoms with Crippen molar-refractivity contribution in [1.82, 2.24) is 0 Å². The lowest BCUT2D eigenvalue weighted by Gasteiger charge is -2.15. The molecular weight excluding hydrogens is 356 g/mol. The van der Waals surface area contributed by atoms with Gasteiger partial charge in [-0.15, -0.1) is 0 Å². The molecule has 0 aromatic heterocycles. The molecule has 0 saturated heterocycles. The maximum atomic E-state index is 12.1. The van der Waals surface area contributed by atoms with Crippen molar-refractivity contribution in [2.75, 3.05) is 0 Å². The van der Waals surface area contributed by atoms with Crippen LogP contribution in [0.25, 0.3) is 0 Å². The molecule has 0 radical (unpaired) electrons. The highest BCUT2D eigenvalue weighted by atomic mass is 16.1. The number of allylic oxidation sites excluding steroid dienone is 6. The minimum Gasteiger partial charge on any atom is -0.290 e. The monoisotopic (exact) mass is 400 g/mol. The summed E-state index contributed by atoms with van der Waals surface area (Å²) in [5, 5.41) is 0. The Morgan fingerprint density at radius 1 is 0.897 bits per heavy atom. The van der Waals surface area contributed by atoms with Crippen LogP contribution >= 0.6 is 0 Å². The second-order valence-corrected chi connectivity index (χ2v) is 9.82. The molecule has 0 aromatic rings. The fourth-order valence-electron chi connectivity index (χ4n) is 4.02. The Labute approximate surface area is 179 Å². The average molecular weight is 401 g/mol. The maximum absolute atomic E-state index is 12.1. The number of hydrogen-bond donors (Lipinski definition) is 0. The van der Waals surface area contributed by atoms with E-state index in [1.54, 1.807) is 6.92 Å². The third-order valence-corrected chi connectivity index (χ3v) is 6.14. The molecule has 0 spiro atoms. The summed E-state index contributed by atoms with van der Waals surface area (Å²) in [6, 6.07) is 0. The van der Waals surface area contributed by atoms with Crippen LogP contribution in [0.1, 0.15) is 106 Å². The summed E-state index contributed by atoms with van der Waals surface area (Å²) in [5.74, 6) is 2.45. The fraction of sp³-hybridized carbons (Fsp3) is 0.704. The van der Waals surface area contributed by atoms with Crippen molar-refractivity contribution < 1.29 is 9.59 Å². The van der Waals surface area contributed by atoms with Crippen LogP contribution < -0.4 is 0 Å². The van der Waals surface area contributed by atoms with Crippen LogP contribution in [0.15, 0.2) is 34.9 Å². The van der Waals surface area contributed by atoms with Gasteiger partial charge in [0.25, 0.3) is 0 Å². The number of Topliss-reactive ketones (excluding diaryl/α,β-unsaturated/α-hetero) is 1. The normalized spacial score (nSPS) is 17.4. The molecule has 0 bridgehead atoms. The van der Waals surface area contributed by atoms with Gasteiger partial charge < -0.3 is 0 Å². The molecule has 1 aliphatic carbocycles. The summed E-state index contributed by atoms with van der Waals surface area (Å²) in [6.45, 7) is 13.3. The molecule has 29 heavy (non-hydrogen) atoms. The minimum atomic E-state index is -0.0539. The molecular formula is C27H44O2. The second kappa shape index (κ2) is 13.7. The first-order chi connectivity index (χ1) is 13.7. The Balaban J connectivity index is 2.19. The summed E-state index contributed by atoms with van der Waals surface area (Å²) in [4.78, 5) is 23.7. The van der Waals surface area contributed by atoms with E-state index in [2.05, 4.69) is 40.7 Å². The van der Waals surface area contributed by atoms with Crippen LogP contribution in [-0.4, -0.2) is 11.6 Å². The predicted octanol–water partition coefficient (Wildman–Crippen LogP) is 7.79. The Morgan fingerprint density at radius 2 is 1.48 bits per heavy atom. The second-order valence-electron chi connectivity index (χ2n) is 9.82. The van der Waals surface area contributed by atoms with E-state index in [1.807, 2.05) is 0 Å². The van der Waals surface area contributed by atoms with Gasteiger partial charge in [-0.1, -0.05) is 77.9 Å². The highest BCUT2D eigenvalue weighted by molar-refractivity contribution is 6.19. The first-order valence-electron chi connectivity index (χ1n) is 11.8. The first kappa shape index (κ1) is 25.6. The molecule has 2 nitrogen and oxygen atoms in total. The molecule has 0 aromatic carbocycles. The molecule has 2 atom stereocenters. The van der Waals surface area contributed by atoms with Gasteiger partial charge in [-0.25, -0.2) is 0 Å². The van der Waals surface area contributed by atoms with Crippen LogP contribution in [0.3, 0.4) is 0 Å². The van der Waals surface area contributed by atoms with Gasteiger partial charge in [0.2, 0.25) is 0 Å². The van der Waals surface area contributed by atoms with Crippen LogP contribution in [0.5, 0.6) is 0 Å². The van der Waals surface area contributed by atoms with E-state index in [-0.39, 0.29) is 11.6 Å². The van der Waals surface area contributed by atoms with Crippen molar-refractivity contribution in [3.63, 3.8) is 0 Å². The van der Waals surface area contributed by atoms with E-state index >= 15 is 0 Å². The van der Waals surface area contributed by atoms with Gasteiger partial charge in [0, 0.05) is 11.1 Å². The molecule has 0 heterocycles. The number of ketones is 2. The van der Waals surface area contributed by atoms with Gasteiger partial charge in [-0.3, -0.25) is 9.59 Å². The lowest BCUT2D eigenvalue weighted by molar-refractivity contribution is -0.115. The number of carbonyl (C=O) groups is 2. The fourth-order valence-corrected chi connectivity index (χ4v) is 4.02. The van der Waals surface area contributed by atoms with Gasteiger partial charge in [0.05, 0.1) is 0 Å². The quantitative estimate of drug-likeness (QED) is 0.220. The molecule has 0 amide bonds. The third-order valence-electron chi connectivity index (χ3n) is 6.14. The predicted molar refractivity (Wildman–Crippen MR) is 125 cm³/mol. The van der Waals surface area contributed by atoms with E-state index in [1.165, 1.54) is 62.7 Å². The summed E-state index contributed by atoms with van der Waals surface area (Å²) < 4.78 is 0. The van der Waals surface area contributed by atoms with Crippen molar-refractivity contribution in [2.24, 2.45) is 17.8 Å².